The fourth-order valence-corrected chi connectivity index (χ4v) is 2.69. The van der Waals surface area contributed by atoms with E-state index < -0.39 is 0 Å². The van der Waals surface area contributed by atoms with Gasteiger partial charge in [-0.1, -0.05) is 0 Å². The normalized spacial score (nSPS) is 21.0. The van der Waals surface area contributed by atoms with Gasteiger partial charge in [0.1, 0.15) is 0 Å². The number of amides is 1. The molecule has 4 nitrogen and oxygen atoms in total. The molecule has 14 heavy (non-hydrogen) atoms. The molecule has 2 N–H and O–H groups in total. The lowest BCUT2D eigenvalue weighted by atomic mass is 10.3. The highest BCUT2D eigenvalue weighted by atomic mass is 32.2. The molecule has 2 heterocycles. The molecule has 2 rings (SSSR count). The number of hydrogen-bond acceptors (Lipinski definition) is 5. The summed E-state index contributed by atoms with van der Waals surface area (Å²) in [5.41, 5.74) is 2.69. The van der Waals surface area contributed by atoms with Crippen LogP contribution in [-0.4, -0.2) is 28.6 Å². The second kappa shape index (κ2) is 4.77. The number of hydrogen-bond donors (Lipinski definition) is 2. The average Bonchev–Trinajstić information content (AvgIpc) is 2.87. The number of carbonyl (C=O) groups excluding carboxylic acids is 1. The fraction of sp³-hybridized carbons (Fsp3) is 0.500. The molecule has 1 aromatic rings. The van der Waals surface area contributed by atoms with Crippen LogP contribution in [0.5, 0.6) is 0 Å². The molecule has 0 spiro atoms. The van der Waals surface area contributed by atoms with Gasteiger partial charge in [-0.2, -0.15) is 0 Å². The molecular weight excluding hydrogens is 218 g/mol. The van der Waals surface area contributed by atoms with E-state index in [0.29, 0.717) is 6.54 Å². The first-order valence-corrected chi connectivity index (χ1v) is 6.42. The standard InChI is InChI=1S/C8H11N3OS2/c12-8(7-3-14-5-11-7)9-1-6-2-13-4-10-6/h2,4,7,11H,1,3,5H2,(H,9,12)/t7-/m1/s1. The fourth-order valence-electron chi connectivity index (χ4n) is 1.19. The van der Waals surface area contributed by atoms with Crippen LogP contribution in [0.2, 0.25) is 0 Å². The molecule has 0 unspecified atom stereocenters. The van der Waals surface area contributed by atoms with E-state index >= 15 is 0 Å². The van der Waals surface area contributed by atoms with Gasteiger partial charge in [-0.3, -0.25) is 10.1 Å². The molecule has 76 valence electrons. The van der Waals surface area contributed by atoms with E-state index in [1.807, 2.05) is 5.38 Å². The molecule has 1 atom stereocenters. The Morgan fingerprint density at radius 3 is 3.36 bits per heavy atom. The molecule has 0 aliphatic carbocycles. The van der Waals surface area contributed by atoms with Crippen molar-refractivity contribution in [3.05, 3.63) is 16.6 Å². The van der Waals surface area contributed by atoms with Crippen molar-refractivity contribution in [3.8, 4) is 0 Å². The Morgan fingerprint density at radius 1 is 1.79 bits per heavy atom. The van der Waals surface area contributed by atoms with E-state index in [0.717, 1.165) is 17.3 Å². The first kappa shape index (κ1) is 9.95. The van der Waals surface area contributed by atoms with Gasteiger partial charge >= 0.3 is 0 Å². The van der Waals surface area contributed by atoms with Gasteiger partial charge in [0.05, 0.1) is 23.8 Å². The third kappa shape index (κ3) is 2.46. The molecule has 0 saturated carbocycles. The number of thiazole rings is 1. The molecule has 1 aliphatic rings. The van der Waals surface area contributed by atoms with Gasteiger partial charge in [0.15, 0.2) is 0 Å². The third-order valence-electron chi connectivity index (χ3n) is 1.96. The van der Waals surface area contributed by atoms with Crippen LogP contribution in [0.4, 0.5) is 0 Å². The van der Waals surface area contributed by atoms with Crippen LogP contribution in [-0.2, 0) is 11.3 Å². The quantitative estimate of drug-likeness (QED) is 0.789. The number of thioether (sulfide) groups is 1. The van der Waals surface area contributed by atoms with Crippen molar-refractivity contribution in [2.45, 2.75) is 12.6 Å². The van der Waals surface area contributed by atoms with Crippen molar-refractivity contribution in [2.75, 3.05) is 11.6 Å². The Morgan fingerprint density at radius 2 is 2.71 bits per heavy atom. The lowest BCUT2D eigenvalue weighted by Crippen LogP contribution is -2.41. The first-order chi connectivity index (χ1) is 6.86. The zero-order valence-electron chi connectivity index (χ0n) is 7.53. The summed E-state index contributed by atoms with van der Waals surface area (Å²) in [4.78, 5) is 15.6. The van der Waals surface area contributed by atoms with E-state index in [-0.39, 0.29) is 11.9 Å². The van der Waals surface area contributed by atoms with Gasteiger partial charge in [0, 0.05) is 17.0 Å². The van der Waals surface area contributed by atoms with Crippen LogP contribution >= 0.6 is 23.1 Å². The molecule has 0 radical (unpaired) electrons. The molecule has 1 saturated heterocycles. The smallest absolute Gasteiger partial charge is 0.238 e. The lowest BCUT2D eigenvalue weighted by Gasteiger charge is -2.08. The van der Waals surface area contributed by atoms with E-state index in [1.165, 1.54) is 0 Å². The van der Waals surface area contributed by atoms with Crippen molar-refractivity contribution in [3.63, 3.8) is 0 Å². The highest BCUT2D eigenvalue weighted by Gasteiger charge is 2.21. The predicted octanol–water partition coefficient (Wildman–Crippen LogP) is 0.422. The van der Waals surface area contributed by atoms with E-state index in [1.54, 1.807) is 28.6 Å². The second-order valence-corrected chi connectivity index (χ2v) is 4.72. The zero-order valence-corrected chi connectivity index (χ0v) is 9.16. The summed E-state index contributed by atoms with van der Waals surface area (Å²) >= 11 is 3.29. The molecule has 6 heteroatoms. The predicted molar refractivity (Wildman–Crippen MR) is 58.2 cm³/mol. The molecule has 0 aromatic carbocycles. The summed E-state index contributed by atoms with van der Waals surface area (Å²) in [6.45, 7) is 0.533. The van der Waals surface area contributed by atoms with Crippen LogP contribution < -0.4 is 10.6 Å². The van der Waals surface area contributed by atoms with Crippen LogP contribution in [0, 0.1) is 0 Å². The summed E-state index contributed by atoms with van der Waals surface area (Å²) in [7, 11) is 0. The van der Waals surface area contributed by atoms with Crippen molar-refractivity contribution >= 4 is 29.0 Å². The van der Waals surface area contributed by atoms with Crippen molar-refractivity contribution in [2.24, 2.45) is 0 Å². The maximum atomic E-state index is 11.5. The number of aromatic nitrogens is 1. The number of rotatable bonds is 3. The van der Waals surface area contributed by atoms with E-state index in [2.05, 4.69) is 15.6 Å². The monoisotopic (exact) mass is 229 g/mol. The maximum absolute atomic E-state index is 11.5. The summed E-state index contributed by atoms with van der Waals surface area (Å²) in [6.07, 6.45) is 0. The molecule has 1 aromatic heterocycles. The van der Waals surface area contributed by atoms with Crippen LogP contribution in [0.3, 0.4) is 0 Å². The van der Waals surface area contributed by atoms with Gasteiger partial charge in [0.2, 0.25) is 5.91 Å². The molecule has 1 fully saturated rings. The summed E-state index contributed by atoms with van der Waals surface area (Å²) in [6, 6.07) is -0.0290. The third-order valence-corrected chi connectivity index (χ3v) is 3.54. The minimum absolute atomic E-state index is 0.0290. The number of carbonyl (C=O) groups is 1. The highest BCUT2D eigenvalue weighted by molar-refractivity contribution is 7.99. The van der Waals surface area contributed by atoms with Crippen LogP contribution in [0.15, 0.2) is 10.9 Å². The van der Waals surface area contributed by atoms with Gasteiger partial charge in [0.25, 0.3) is 0 Å². The minimum Gasteiger partial charge on any atom is -0.349 e. The highest BCUT2D eigenvalue weighted by Crippen LogP contribution is 2.09. The van der Waals surface area contributed by atoms with Gasteiger partial charge in [-0.05, 0) is 0 Å². The largest absolute Gasteiger partial charge is 0.349 e. The van der Waals surface area contributed by atoms with Crippen LogP contribution in [0.1, 0.15) is 5.69 Å². The summed E-state index contributed by atoms with van der Waals surface area (Å²) in [5, 5.41) is 7.92. The number of nitrogens with zero attached hydrogens (tertiary/aromatic N) is 1. The summed E-state index contributed by atoms with van der Waals surface area (Å²) < 4.78 is 0. The van der Waals surface area contributed by atoms with E-state index in [4.69, 9.17) is 0 Å². The minimum atomic E-state index is -0.0290. The van der Waals surface area contributed by atoms with E-state index in [9.17, 15) is 4.79 Å². The lowest BCUT2D eigenvalue weighted by molar-refractivity contribution is -0.122. The van der Waals surface area contributed by atoms with Gasteiger partial charge < -0.3 is 5.32 Å². The van der Waals surface area contributed by atoms with Crippen molar-refractivity contribution in [1.29, 1.82) is 0 Å². The SMILES string of the molecule is O=C(NCc1cscn1)[C@H]1CSCN1. The average molecular weight is 229 g/mol. The Kier molecular flexibility index (Phi) is 3.39. The molecule has 1 amide bonds. The van der Waals surface area contributed by atoms with Gasteiger partial charge in [-0.15, -0.1) is 23.1 Å². The Labute approximate surface area is 90.5 Å². The first-order valence-electron chi connectivity index (χ1n) is 4.32. The molecule has 0 bridgehead atoms. The van der Waals surface area contributed by atoms with Crippen LogP contribution in [0.25, 0.3) is 0 Å². The topological polar surface area (TPSA) is 54.0 Å². The number of nitrogens with one attached hydrogen (secondary N) is 2. The summed E-state index contributed by atoms with van der Waals surface area (Å²) in [5.74, 6) is 1.81. The maximum Gasteiger partial charge on any atom is 0.238 e. The van der Waals surface area contributed by atoms with Crippen molar-refractivity contribution < 1.29 is 4.79 Å². The Bertz CT molecular complexity index is 296. The molecule has 1 aliphatic heterocycles. The Hall–Kier alpha value is -0.590. The molecular formula is C8H11N3OS2. The Balaban J connectivity index is 1.77. The van der Waals surface area contributed by atoms with Gasteiger partial charge in [-0.25, -0.2) is 4.98 Å². The second-order valence-electron chi connectivity index (χ2n) is 2.97. The van der Waals surface area contributed by atoms with Crippen molar-refractivity contribution in [1.82, 2.24) is 15.6 Å². The zero-order chi connectivity index (χ0) is 9.80.